The summed E-state index contributed by atoms with van der Waals surface area (Å²) in [5.74, 6) is 0.680. The number of carbonyl (C=O) groups excluding carboxylic acids is 2. The fourth-order valence-corrected chi connectivity index (χ4v) is 3.42. The molecule has 1 aromatic heterocycles. The van der Waals surface area contributed by atoms with E-state index >= 15 is 0 Å². The van der Waals surface area contributed by atoms with Gasteiger partial charge in [-0.3, -0.25) is 9.59 Å². The number of hydrogen-bond donors (Lipinski definition) is 2. The van der Waals surface area contributed by atoms with E-state index in [4.69, 9.17) is 0 Å². The first-order valence-corrected chi connectivity index (χ1v) is 8.68. The first-order valence-electron chi connectivity index (χ1n) is 8.68. The van der Waals surface area contributed by atoms with Crippen LogP contribution in [0.2, 0.25) is 0 Å². The van der Waals surface area contributed by atoms with Crippen LogP contribution in [0.3, 0.4) is 0 Å². The highest BCUT2D eigenvalue weighted by Crippen LogP contribution is 2.24. The predicted molar refractivity (Wildman–Crippen MR) is 100.0 cm³/mol. The average molecular weight is 348 g/mol. The molecular formula is C20H20N4O2. The van der Waals surface area contributed by atoms with Gasteiger partial charge >= 0.3 is 0 Å². The van der Waals surface area contributed by atoms with Crippen LogP contribution in [0.15, 0.2) is 42.5 Å². The number of carbonyl (C=O) groups is 2. The predicted octanol–water partition coefficient (Wildman–Crippen LogP) is 2.95. The first kappa shape index (κ1) is 16.3. The zero-order valence-electron chi connectivity index (χ0n) is 14.7. The molecule has 2 aromatic carbocycles. The molecule has 2 heterocycles. The maximum absolute atomic E-state index is 12.7. The summed E-state index contributed by atoms with van der Waals surface area (Å²) < 4.78 is 2.00. The van der Waals surface area contributed by atoms with E-state index in [1.165, 1.54) is 0 Å². The SMILES string of the molecule is C[C@@H](NC(=O)c1ccc2c(c1)CCC(=O)N2)c1nc2ccccc2n1C. The molecule has 0 unspecified atom stereocenters. The van der Waals surface area contributed by atoms with E-state index in [1.54, 1.807) is 12.1 Å². The number of hydrogen-bond acceptors (Lipinski definition) is 3. The number of imidazole rings is 1. The number of para-hydroxylation sites is 2. The zero-order chi connectivity index (χ0) is 18.3. The van der Waals surface area contributed by atoms with Crippen LogP contribution >= 0.6 is 0 Å². The van der Waals surface area contributed by atoms with Gasteiger partial charge in [0, 0.05) is 24.7 Å². The van der Waals surface area contributed by atoms with E-state index in [-0.39, 0.29) is 17.9 Å². The number of nitrogens with one attached hydrogen (secondary N) is 2. The summed E-state index contributed by atoms with van der Waals surface area (Å²) in [6, 6.07) is 13.1. The lowest BCUT2D eigenvalue weighted by Crippen LogP contribution is -2.29. The van der Waals surface area contributed by atoms with Crippen LogP contribution < -0.4 is 10.6 Å². The van der Waals surface area contributed by atoms with Gasteiger partial charge in [0.15, 0.2) is 0 Å². The second-order valence-corrected chi connectivity index (χ2v) is 6.63. The summed E-state index contributed by atoms with van der Waals surface area (Å²) in [7, 11) is 1.95. The van der Waals surface area contributed by atoms with Crippen molar-refractivity contribution < 1.29 is 9.59 Å². The molecule has 0 saturated carbocycles. The van der Waals surface area contributed by atoms with E-state index in [9.17, 15) is 9.59 Å². The lowest BCUT2D eigenvalue weighted by molar-refractivity contribution is -0.116. The monoisotopic (exact) mass is 348 g/mol. The van der Waals surface area contributed by atoms with Crippen molar-refractivity contribution in [1.82, 2.24) is 14.9 Å². The van der Waals surface area contributed by atoms with Gasteiger partial charge in [0.1, 0.15) is 5.82 Å². The molecule has 2 amide bonds. The number of fused-ring (bicyclic) bond motifs is 2. The van der Waals surface area contributed by atoms with Crippen molar-refractivity contribution in [1.29, 1.82) is 0 Å². The van der Waals surface area contributed by atoms with Crippen LogP contribution in [0.5, 0.6) is 0 Å². The third-order valence-corrected chi connectivity index (χ3v) is 4.82. The maximum Gasteiger partial charge on any atom is 0.251 e. The van der Waals surface area contributed by atoms with Crippen LogP contribution in [0.4, 0.5) is 5.69 Å². The highest BCUT2D eigenvalue weighted by molar-refractivity contribution is 5.98. The van der Waals surface area contributed by atoms with Gasteiger partial charge in [-0.25, -0.2) is 4.98 Å². The van der Waals surface area contributed by atoms with Crippen molar-refractivity contribution >= 4 is 28.5 Å². The third-order valence-electron chi connectivity index (χ3n) is 4.82. The lowest BCUT2D eigenvalue weighted by atomic mass is 10.00. The van der Waals surface area contributed by atoms with Crippen molar-refractivity contribution in [3.05, 3.63) is 59.4 Å². The summed E-state index contributed by atoms with van der Waals surface area (Å²) in [5.41, 5.74) is 4.32. The lowest BCUT2D eigenvalue weighted by Gasteiger charge is -2.18. The molecule has 0 spiro atoms. The van der Waals surface area contributed by atoms with E-state index in [0.29, 0.717) is 18.4 Å². The zero-order valence-corrected chi connectivity index (χ0v) is 14.7. The molecule has 0 bridgehead atoms. The Bertz CT molecular complexity index is 1020. The number of amides is 2. The summed E-state index contributed by atoms with van der Waals surface area (Å²) in [6.45, 7) is 1.93. The smallest absolute Gasteiger partial charge is 0.251 e. The number of benzene rings is 2. The quantitative estimate of drug-likeness (QED) is 0.764. The molecule has 2 N–H and O–H groups in total. The summed E-state index contributed by atoms with van der Waals surface area (Å²) in [4.78, 5) is 28.8. The topological polar surface area (TPSA) is 76.0 Å². The van der Waals surface area contributed by atoms with E-state index < -0.39 is 0 Å². The molecule has 3 aromatic rings. The number of anilines is 1. The highest BCUT2D eigenvalue weighted by atomic mass is 16.2. The summed E-state index contributed by atoms with van der Waals surface area (Å²) in [6.07, 6.45) is 1.11. The van der Waals surface area contributed by atoms with Crippen LogP contribution in [0.25, 0.3) is 11.0 Å². The molecular weight excluding hydrogens is 328 g/mol. The Balaban J connectivity index is 1.55. The standard InChI is InChI=1S/C20H20N4O2/c1-12(19-23-16-5-3-4-6-17(16)24(19)2)21-20(26)14-7-9-15-13(11-14)8-10-18(25)22-15/h3-7,9,11-12H,8,10H2,1-2H3,(H,21,26)(H,22,25)/t12-/m1/s1. The minimum atomic E-state index is -0.226. The Morgan fingerprint density at radius 1 is 1.23 bits per heavy atom. The Morgan fingerprint density at radius 3 is 2.85 bits per heavy atom. The van der Waals surface area contributed by atoms with Crippen molar-refractivity contribution in [3.63, 3.8) is 0 Å². The van der Waals surface area contributed by atoms with Crippen LogP contribution in [-0.4, -0.2) is 21.4 Å². The Hall–Kier alpha value is -3.15. The van der Waals surface area contributed by atoms with Crippen molar-refractivity contribution in [3.8, 4) is 0 Å². The minimum absolute atomic E-state index is 0.0187. The van der Waals surface area contributed by atoms with Gasteiger partial charge in [-0.05, 0) is 49.2 Å². The largest absolute Gasteiger partial charge is 0.342 e. The molecule has 1 aliphatic rings. The molecule has 6 heteroatoms. The number of aryl methyl sites for hydroxylation is 2. The molecule has 0 aliphatic carbocycles. The molecule has 26 heavy (non-hydrogen) atoms. The van der Waals surface area contributed by atoms with Crippen LogP contribution in [0, 0.1) is 0 Å². The molecule has 0 radical (unpaired) electrons. The van der Waals surface area contributed by atoms with E-state index in [0.717, 1.165) is 28.1 Å². The fraction of sp³-hybridized carbons (Fsp3) is 0.250. The average Bonchev–Trinajstić information content (AvgIpc) is 2.98. The van der Waals surface area contributed by atoms with Crippen LogP contribution in [0.1, 0.15) is 41.1 Å². The van der Waals surface area contributed by atoms with Gasteiger partial charge in [0.2, 0.25) is 5.91 Å². The molecule has 0 saturated heterocycles. The molecule has 0 fully saturated rings. The van der Waals surface area contributed by atoms with E-state index in [2.05, 4.69) is 15.6 Å². The van der Waals surface area contributed by atoms with Gasteiger partial charge in [-0.1, -0.05) is 12.1 Å². The Morgan fingerprint density at radius 2 is 2.04 bits per heavy atom. The fourth-order valence-electron chi connectivity index (χ4n) is 3.42. The summed E-state index contributed by atoms with van der Waals surface area (Å²) >= 11 is 0. The van der Waals surface area contributed by atoms with Gasteiger partial charge in [-0.15, -0.1) is 0 Å². The third kappa shape index (κ3) is 2.83. The molecule has 1 aliphatic heterocycles. The first-order chi connectivity index (χ1) is 12.5. The van der Waals surface area contributed by atoms with Gasteiger partial charge in [0.05, 0.1) is 17.1 Å². The molecule has 132 valence electrons. The Kier molecular flexibility index (Phi) is 3.95. The number of nitrogens with zero attached hydrogens (tertiary/aromatic N) is 2. The normalized spacial score (nSPS) is 14.6. The second kappa shape index (κ2) is 6.29. The summed E-state index contributed by atoms with van der Waals surface area (Å²) in [5, 5.41) is 5.85. The van der Waals surface area contributed by atoms with E-state index in [1.807, 2.05) is 48.9 Å². The number of rotatable bonds is 3. The van der Waals surface area contributed by atoms with Crippen LogP contribution in [-0.2, 0) is 18.3 Å². The van der Waals surface area contributed by atoms with Gasteiger partial charge in [-0.2, -0.15) is 0 Å². The molecule has 1 atom stereocenters. The molecule has 4 rings (SSSR count). The maximum atomic E-state index is 12.7. The highest BCUT2D eigenvalue weighted by Gasteiger charge is 2.20. The number of aromatic nitrogens is 2. The van der Waals surface area contributed by atoms with Crippen molar-refractivity contribution in [2.75, 3.05) is 5.32 Å². The van der Waals surface area contributed by atoms with Crippen molar-refractivity contribution in [2.24, 2.45) is 7.05 Å². The second-order valence-electron chi connectivity index (χ2n) is 6.63. The minimum Gasteiger partial charge on any atom is -0.342 e. The Labute approximate surface area is 151 Å². The van der Waals surface area contributed by atoms with Crippen molar-refractivity contribution in [2.45, 2.75) is 25.8 Å². The van der Waals surface area contributed by atoms with Gasteiger partial charge in [0.25, 0.3) is 5.91 Å². The molecule has 6 nitrogen and oxygen atoms in total. The van der Waals surface area contributed by atoms with Gasteiger partial charge < -0.3 is 15.2 Å².